The Bertz CT molecular complexity index is 445. The lowest BCUT2D eigenvalue weighted by Gasteiger charge is -2.21. The maximum absolute atomic E-state index is 12.1. The lowest BCUT2D eigenvalue weighted by molar-refractivity contribution is -0.930. The van der Waals surface area contributed by atoms with Gasteiger partial charge < -0.3 is 9.64 Å². The molecule has 0 bridgehead atoms. The molecule has 4 atom stereocenters. The summed E-state index contributed by atoms with van der Waals surface area (Å²) in [6, 6.07) is 11.6. The molecule has 2 aliphatic heterocycles. The van der Waals surface area contributed by atoms with Gasteiger partial charge in [-0.15, -0.1) is 0 Å². The molecule has 3 rings (SSSR count). The van der Waals surface area contributed by atoms with Crippen molar-refractivity contribution in [3.05, 3.63) is 35.9 Å². The molecule has 1 unspecified atom stereocenters. The van der Waals surface area contributed by atoms with Crippen molar-refractivity contribution in [3.63, 3.8) is 0 Å². The monoisotopic (exact) mass is 260 g/mol. The first-order valence-electron chi connectivity index (χ1n) is 7.38. The van der Waals surface area contributed by atoms with E-state index in [1.165, 1.54) is 24.9 Å². The SMILES string of the molecule is CCOC(=O)[C@H]1C[C@@H](c2ccccc2)[NH+]2CCC[C@H]12. The number of esters is 1. The summed E-state index contributed by atoms with van der Waals surface area (Å²) in [4.78, 5) is 13.7. The Morgan fingerprint density at radius 1 is 1.37 bits per heavy atom. The fraction of sp³-hybridized carbons (Fsp3) is 0.562. The van der Waals surface area contributed by atoms with Crippen LogP contribution in [0.4, 0.5) is 0 Å². The first-order valence-corrected chi connectivity index (χ1v) is 7.38. The molecule has 2 saturated heterocycles. The van der Waals surface area contributed by atoms with Gasteiger partial charge in [0, 0.05) is 24.8 Å². The summed E-state index contributed by atoms with van der Waals surface area (Å²) >= 11 is 0. The molecule has 2 heterocycles. The Balaban J connectivity index is 1.82. The molecule has 2 aliphatic rings. The fourth-order valence-electron chi connectivity index (χ4n) is 3.90. The molecule has 0 radical (unpaired) electrons. The van der Waals surface area contributed by atoms with E-state index in [4.69, 9.17) is 4.74 Å². The van der Waals surface area contributed by atoms with E-state index in [1.807, 2.05) is 6.92 Å². The van der Waals surface area contributed by atoms with E-state index >= 15 is 0 Å². The van der Waals surface area contributed by atoms with Gasteiger partial charge in [-0.25, -0.2) is 0 Å². The molecule has 0 saturated carbocycles. The van der Waals surface area contributed by atoms with Crippen LogP contribution in [0.1, 0.15) is 37.8 Å². The maximum atomic E-state index is 12.1. The zero-order valence-corrected chi connectivity index (χ0v) is 11.5. The summed E-state index contributed by atoms with van der Waals surface area (Å²) in [7, 11) is 0. The predicted octanol–water partition coefficient (Wildman–Crippen LogP) is 1.36. The second-order valence-electron chi connectivity index (χ2n) is 5.63. The summed E-state index contributed by atoms with van der Waals surface area (Å²) < 4.78 is 5.27. The van der Waals surface area contributed by atoms with E-state index in [2.05, 4.69) is 30.3 Å². The number of hydrogen-bond donors (Lipinski definition) is 1. The molecule has 102 valence electrons. The molecule has 0 spiro atoms. The summed E-state index contributed by atoms with van der Waals surface area (Å²) in [5.41, 5.74) is 1.37. The highest BCUT2D eigenvalue weighted by molar-refractivity contribution is 5.73. The van der Waals surface area contributed by atoms with E-state index in [1.54, 1.807) is 4.90 Å². The Morgan fingerprint density at radius 2 is 2.16 bits per heavy atom. The first-order chi connectivity index (χ1) is 9.31. The van der Waals surface area contributed by atoms with Crippen LogP contribution in [-0.4, -0.2) is 25.2 Å². The molecule has 0 aromatic heterocycles. The minimum Gasteiger partial charge on any atom is -0.466 e. The van der Waals surface area contributed by atoms with Gasteiger partial charge in [0.05, 0.1) is 13.2 Å². The van der Waals surface area contributed by atoms with Crippen LogP contribution >= 0.6 is 0 Å². The molecule has 3 nitrogen and oxygen atoms in total. The lowest BCUT2D eigenvalue weighted by atomic mass is 9.94. The van der Waals surface area contributed by atoms with Crippen LogP contribution in [0.2, 0.25) is 0 Å². The normalized spacial score (nSPS) is 33.1. The second kappa shape index (κ2) is 5.33. The zero-order valence-electron chi connectivity index (χ0n) is 11.5. The third-order valence-corrected chi connectivity index (χ3v) is 4.67. The smallest absolute Gasteiger partial charge is 0.315 e. The summed E-state index contributed by atoms with van der Waals surface area (Å²) in [6.07, 6.45) is 3.35. The number of carbonyl (C=O) groups excluding carboxylic acids is 1. The van der Waals surface area contributed by atoms with Crippen molar-refractivity contribution >= 4 is 5.97 Å². The van der Waals surface area contributed by atoms with Gasteiger partial charge in [0.25, 0.3) is 0 Å². The number of fused-ring (bicyclic) bond motifs is 1. The number of ether oxygens (including phenoxy) is 1. The molecular weight excluding hydrogens is 238 g/mol. The van der Waals surface area contributed by atoms with Crippen LogP contribution in [0.3, 0.4) is 0 Å². The molecular formula is C16H22NO2+. The van der Waals surface area contributed by atoms with Crippen molar-refractivity contribution < 1.29 is 14.4 Å². The summed E-state index contributed by atoms with van der Waals surface area (Å²) in [6.45, 7) is 3.58. The first kappa shape index (κ1) is 12.7. The van der Waals surface area contributed by atoms with Gasteiger partial charge in [-0.05, 0) is 6.92 Å². The zero-order chi connectivity index (χ0) is 13.2. The van der Waals surface area contributed by atoms with Crippen molar-refractivity contribution in [2.24, 2.45) is 5.92 Å². The van der Waals surface area contributed by atoms with E-state index in [-0.39, 0.29) is 11.9 Å². The Morgan fingerprint density at radius 3 is 2.89 bits per heavy atom. The fourth-order valence-corrected chi connectivity index (χ4v) is 3.90. The summed E-state index contributed by atoms with van der Waals surface area (Å²) in [5.74, 6) is 0.119. The number of hydrogen-bond acceptors (Lipinski definition) is 2. The van der Waals surface area contributed by atoms with Crippen molar-refractivity contribution in [1.82, 2.24) is 0 Å². The molecule has 2 fully saturated rings. The van der Waals surface area contributed by atoms with Crippen molar-refractivity contribution in [2.75, 3.05) is 13.2 Å². The molecule has 0 amide bonds. The van der Waals surface area contributed by atoms with Gasteiger partial charge in [0.2, 0.25) is 0 Å². The minimum atomic E-state index is 0.0188. The van der Waals surface area contributed by atoms with E-state index in [9.17, 15) is 4.79 Å². The van der Waals surface area contributed by atoms with Crippen LogP contribution in [0, 0.1) is 5.92 Å². The van der Waals surface area contributed by atoms with Crippen molar-refractivity contribution in [3.8, 4) is 0 Å². The predicted molar refractivity (Wildman–Crippen MR) is 72.8 cm³/mol. The highest BCUT2D eigenvalue weighted by atomic mass is 16.5. The van der Waals surface area contributed by atoms with Crippen molar-refractivity contribution in [2.45, 2.75) is 38.3 Å². The van der Waals surface area contributed by atoms with Gasteiger partial charge >= 0.3 is 5.97 Å². The van der Waals surface area contributed by atoms with Crippen LogP contribution in [-0.2, 0) is 9.53 Å². The molecule has 3 heteroatoms. The third-order valence-electron chi connectivity index (χ3n) is 4.67. The average molecular weight is 260 g/mol. The largest absolute Gasteiger partial charge is 0.466 e. The minimum absolute atomic E-state index is 0.0188. The Labute approximate surface area is 114 Å². The topological polar surface area (TPSA) is 30.7 Å². The van der Waals surface area contributed by atoms with Gasteiger partial charge in [0.1, 0.15) is 18.0 Å². The van der Waals surface area contributed by atoms with Crippen LogP contribution in [0.25, 0.3) is 0 Å². The van der Waals surface area contributed by atoms with Crippen molar-refractivity contribution in [1.29, 1.82) is 0 Å². The molecule has 1 aromatic carbocycles. The number of nitrogens with one attached hydrogen (secondary N) is 1. The Kier molecular flexibility index (Phi) is 3.56. The van der Waals surface area contributed by atoms with E-state index < -0.39 is 0 Å². The molecule has 19 heavy (non-hydrogen) atoms. The number of quaternary nitrogens is 1. The molecule has 1 N–H and O–H groups in total. The summed E-state index contributed by atoms with van der Waals surface area (Å²) in [5, 5.41) is 0. The average Bonchev–Trinajstić information content (AvgIpc) is 3.01. The second-order valence-corrected chi connectivity index (χ2v) is 5.63. The quantitative estimate of drug-likeness (QED) is 0.832. The highest BCUT2D eigenvalue weighted by Crippen LogP contribution is 2.32. The van der Waals surface area contributed by atoms with E-state index in [0.717, 1.165) is 6.42 Å². The van der Waals surface area contributed by atoms with Gasteiger partial charge in [-0.2, -0.15) is 0 Å². The maximum Gasteiger partial charge on any atom is 0.315 e. The standard InChI is InChI=1S/C16H21NO2/c1-2-19-16(18)13-11-15(12-7-4-3-5-8-12)17-10-6-9-14(13)17/h3-5,7-8,13-15H,2,6,9-11H2,1H3/p+1/t13-,14+,15-/m0/s1. The van der Waals surface area contributed by atoms with E-state index in [0.29, 0.717) is 18.7 Å². The number of rotatable bonds is 3. The van der Waals surface area contributed by atoms with Crippen LogP contribution < -0.4 is 4.90 Å². The van der Waals surface area contributed by atoms with Crippen LogP contribution in [0.5, 0.6) is 0 Å². The Hall–Kier alpha value is -1.35. The molecule has 1 aromatic rings. The lowest BCUT2D eigenvalue weighted by Crippen LogP contribution is -3.12. The molecule has 0 aliphatic carbocycles. The van der Waals surface area contributed by atoms with Gasteiger partial charge in [-0.3, -0.25) is 4.79 Å². The number of carbonyl (C=O) groups is 1. The van der Waals surface area contributed by atoms with Gasteiger partial charge in [0.15, 0.2) is 0 Å². The van der Waals surface area contributed by atoms with Gasteiger partial charge in [-0.1, -0.05) is 30.3 Å². The highest BCUT2D eigenvalue weighted by Gasteiger charge is 2.51. The van der Waals surface area contributed by atoms with Crippen LogP contribution in [0.15, 0.2) is 30.3 Å². The number of benzene rings is 1. The third kappa shape index (κ3) is 2.27.